The summed E-state index contributed by atoms with van der Waals surface area (Å²) in [4.78, 5) is 24.1. The molecule has 7 heteroatoms. The minimum Gasteiger partial charge on any atom is -0.495 e. The van der Waals surface area contributed by atoms with Gasteiger partial charge in [-0.1, -0.05) is 23.7 Å². The molecule has 0 radical (unpaired) electrons. The number of hydrogen-bond acceptors (Lipinski definition) is 4. The smallest absolute Gasteiger partial charge is 0.262 e. The number of para-hydroxylation sites is 1. The SMILES string of the molecule is CCNC(=O)c1ccccc1OCC(=O)Nc1ccc(Cl)cc1OC. The summed E-state index contributed by atoms with van der Waals surface area (Å²) < 4.78 is 10.7. The van der Waals surface area contributed by atoms with E-state index in [1.54, 1.807) is 42.5 Å². The van der Waals surface area contributed by atoms with E-state index in [-0.39, 0.29) is 18.4 Å². The third kappa shape index (κ3) is 5.12. The fraction of sp³-hybridized carbons (Fsp3) is 0.222. The molecular weight excluding hydrogens is 344 g/mol. The summed E-state index contributed by atoms with van der Waals surface area (Å²) in [6.45, 7) is 2.08. The molecule has 0 saturated heterocycles. The summed E-state index contributed by atoms with van der Waals surface area (Å²) in [5.74, 6) is 0.152. The molecule has 2 rings (SSSR count). The summed E-state index contributed by atoms with van der Waals surface area (Å²) in [7, 11) is 1.49. The highest BCUT2D eigenvalue weighted by atomic mass is 35.5. The number of amides is 2. The average molecular weight is 363 g/mol. The summed E-state index contributed by atoms with van der Waals surface area (Å²) in [6, 6.07) is 11.6. The van der Waals surface area contributed by atoms with Gasteiger partial charge < -0.3 is 20.1 Å². The molecule has 0 unspecified atom stereocenters. The maximum absolute atomic E-state index is 12.1. The Morgan fingerprint density at radius 2 is 1.88 bits per heavy atom. The summed E-state index contributed by atoms with van der Waals surface area (Å²) in [6.07, 6.45) is 0. The zero-order valence-electron chi connectivity index (χ0n) is 14.0. The Morgan fingerprint density at radius 1 is 1.12 bits per heavy atom. The van der Waals surface area contributed by atoms with E-state index < -0.39 is 0 Å². The first-order chi connectivity index (χ1) is 12.0. The van der Waals surface area contributed by atoms with E-state index in [0.717, 1.165) is 0 Å². The molecule has 2 aromatic carbocycles. The van der Waals surface area contributed by atoms with Crippen LogP contribution in [0.15, 0.2) is 42.5 Å². The van der Waals surface area contributed by atoms with Crippen molar-refractivity contribution in [3.63, 3.8) is 0 Å². The van der Waals surface area contributed by atoms with Crippen molar-refractivity contribution in [1.29, 1.82) is 0 Å². The van der Waals surface area contributed by atoms with E-state index in [2.05, 4.69) is 10.6 Å². The summed E-state index contributed by atoms with van der Waals surface area (Å²) >= 11 is 5.89. The van der Waals surface area contributed by atoms with Crippen molar-refractivity contribution in [3.8, 4) is 11.5 Å². The number of hydrogen-bond donors (Lipinski definition) is 2. The Balaban J connectivity index is 2.02. The van der Waals surface area contributed by atoms with Crippen LogP contribution in [0.5, 0.6) is 11.5 Å². The van der Waals surface area contributed by atoms with Crippen LogP contribution in [0, 0.1) is 0 Å². The van der Waals surface area contributed by atoms with Gasteiger partial charge in [-0.25, -0.2) is 0 Å². The predicted molar refractivity (Wildman–Crippen MR) is 96.6 cm³/mol. The van der Waals surface area contributed by atoms with Crippen LogP contribution < -0.4 is 20.1 Å². The Bertz CT molecular complexity index is 764. The number of ether oxygens (including phenoxy) is 2. The van der Waals surface area contributed by atoms with Crippen molar-refractivity contribution in [3.05, 3.63) is 53.1 Å². The number of carbonyl (C=O) groups excluding carboxylic acids is 2. The number of anilines is 1. The third-order valence-corrected chi connectivity index (χ3v) is 3.50. The molecule has 6 nitrogen and oxygen atoms in total. The lowest BCUT2D eigenvalue weighted by atomic mass is 10.2. The minimum atomic E-state index is -0.383. The Hall–Kier alpha value is -2.73. The quantitative estimate of drug-likeness (QED) is 0.793. The molecule has 0 spiro atoms. The van der Waals surface area contributed by atoms with Gasteiger partial charge in [-0.2, -0.15) is 0 Å². The topological polar surface area (TPSA) is 76.7 Å². The van der Waals surface area contributed by atoms with Crippen LogP contribution in [0.25, 0.3) is 0 Å². The monoisotopic (exact) mass is 362 g/mol. The van der Waals surface area contributed by atoms with Gasteiger partial charge in [-0.15, -0.1) is 0 Å². The number of nitrogens with one attached hydrogen (secondary N) is 2. The first-order valence-corrected chi connectivity index (χ1v) is 8.06. The van der Waals surface area contributed by atoms with Gasteiger partial charge in [-0.3, -0.25) is 9.59 Å². The van der Waals surface area contributed by atoms with E-state index >= 15 is 0 Å². The number of carbonyl (C=O) groups is 2. The van der Waals surface area contributed by atoms with Gasteiger partial charge in [0.25, 0.3) is 11.8 Å². The van der Waals surface area contributed by atoms with Crippen LogP contribution in [-0.4, -0.2) is 32.1 Å². The van der Waals surface area contributed by atoms with Crippen molar-refractivity contribution in [1.82, 2.24) is 5.32 Å². The molecule has 0 aromatic heterocycles. The second-order valence-electron chi connectivity index (χ2n) is 5.04. The normalized spacial score (nSPS) is 10.0. The Kier molecular flexibility index (Phi) is 6.65. The van der Waals surface area contributed by atoms with Gasteiger partial charge in [-0.05, 0) is 31.2 Å². The van der Waals surface area contributed by atoms with Crippen molar-refractivity contribution >= 4 is 29.1 Å². The van der Waals surface area contributed by atoms with Crippen LogP contribution in [-0.2, 0) is 4.79 Å². The van der Waals surface area contributed by atoms with Gasteiger partial charge in [0.1, 0.15) is 11.5 Å². The third-order valence-electron chi connectivity index (χ3n) is 3.27. The van der Waals surface area contributed by atoms with Gasteiger partial charge in [0, 0.05) is 17.6 Å². The molecule has 0 atom stereocenters. The molecule has 0 aliphatic heterocycles. The zero-order chi connectivity index (χ0) is 18.2. The molecule has 0 fully saturated rings. The van der Waals surface area contributed by atoms with Gasteiger partial charge in [0.2, 0.25) is 0 Å². The maximum atomic E-state index is 12.1. The molecular formula is C18H19ClN2O4. The second-order valence-corrected chi connectivity index (χ2v) is 5.47. The molecule has 0 bridgehead atoms. The van der Waals surface area contributed by atoms with E-state index in [1.807, 2.05) is 6.92 Å². The second kappa shape index (κ2) is 8.94. The van der Waals surface area contributed by atoms with E-state index in [4.69, 9.17) is 21.1 Å². The predicted octanol–water partition coefficient (Wildman–Crippen LogP) is 3.12. The zero-order valence-corrected chi connectivity index (χ0v) is 14.7. The molecule has 2 amide bonds. The lowest BCUT2D eigenvalue weighted by molar-refractivity contribution is -0.118. The van der Waals surface area contributed by atoms with Crippen LogP contribution in [0.3, 0.4) is 0 Å². The minimum absolute atomic E-state index is 0.248. The maximum Gasteiger partial charge on any atom is 0.262 e. The summed E-state index contributed by atoms with van der Waals surface area (Å²) in [5.41, 5.74) is 0.860. The fourth-order valence-electron chi connectivity index (χ4n) is 2.13. The van der Waals surface area contributed by atoms with Crippen LogP contribution in [0.4, 0.5) is 5.69 Å². The Labute approximate surface area is 151 Å². The molecule has 0 aliphatic rings. The van der Waals surface area contributed by atoms with Crippen LogP contribution >= 0.6 is 11.6 Å². The average Bonchev–Trinajstić information content (AvgIpc) is 2.62. The van der Waals surface area contributed by atoms with Crippen molar-refractivity contribution in [2.75, 3.05) is 25.6 Å². The Morgan fingerprint density at radius 3 is 2.60 bits per heavy atom. The van der Waals surface area contributed by atoms with E-state index in [9.17, 15) is 9.59 Å². The standard InChI is InChI=1S/C18H19ClN2O4/c1-3-20-18(23)13-6-4-5-7-15(13)25-11-17(22)21-14-9-8-12(19)10-16(14)24-2/h4-10H,3,11H2,1-2H3,(H,20,23)(H,21,22). The largest absolute Gasteiger partial charge is 0.495 e. The van der Waals surface area contributed by atoms with Crippen LogP contribution in [0.2, 0.25) is 5.02 Å². The molecule has 2 N–H and O–H groups in total. The first-order valence-electron chi connectivity index (χ1n) is 7.68. The van der Waals surface area contributed by atoms with Crippen molar-refractivity contribution < 1.29 is 19.1 Å². The lowest BCUT2D eigenvalue weighted by Crippen LogP contribution is -2.25. The molecule has 132 valence electrons. The molecule has 2 aromatic rings. The first kappa shape index (κ1) is 18.6. The lowest BCUT2D eigenvalue weighted by Gasteiger charge is -2.13. The van der Waals surface area contributed by atoms with Crippen LogP contribution in [0.1, 0.15) is 17.3 Å². The number of benzene rings is 2. The highest BCUT2D eigenvalue weighted by molar-refractivity contribution is 6.30. The fourth-order valence-corrected chi connectivity index (χ4v) is 2.30. The van der Waals surface area contributed by atoms with Crippen molar-refractivity contribution in [2.24, 2.45) is 0 Å². The van der Waals surface area contributed by atoms with E-state index in [0.29, 0.717) is 34.3 Å². The highest BCUT2D eigenvalue weighted by Gasteiger charge is 2.13. The van der Waals surface area contributed by atoms with Crippen molar-refractivity contribution in [2.45, 2.75) is 6.92 Å². The highest BCUT2D eigenvalue weighted by Crippen LogP contribution is 2.27. The molecule has 0 saturated carbocycles. The van der Waals surface area contributed by atoms with E-state index in [1.165, 1.54) is 7.11 Å². The molecule has 0 heterocycles. The van der Waals surface area contributed by atoms with Gasteiger partial charge >= 0.3 is 0 Å². The van der Waals surface area contributed by atoms with Gasteiger partial charge in [0.15, 0.2) is 6.61 Å². The number of rotatable bonds is 7. The summed E-state index contributed by atoms with van der Waals surface area (Å²) in [5, 5.41) is 5.89. The molecule has 0 aliphatic carbocycles. The number of halogens is 1. The van der Waals surface area contributed by atoms with Gasteiger partial charge in [0.05, 0.1) is 18.4 Å². The number of methoxy groups -OCH3 is 1. The molecule has 25 heavy (non-hydrogen) atoms.